The largest absolute Gasteiger partial charge is 0.293 e. The van der Waals surface area contributed by atoms with Gasteiger partial charge in [0.25, 0.3) is 0 Å². The van der Waals surface area contributed by atoms with Gasteiger partial charge < -0.3 is 0 Å². The second kappa shape index (κ2) is 6.05. The van der Waals surface area contributed by atoms with Gasteiger partial charge in [0.05, 0.1) is 21.4 Å². The number of ketones is 1. The molecule has 2 rings (SSSR count). The highest BCUT2D eigenvalue weighted by Gasteiger charge is 2.17. The van der Waals surface area contributed by atoms with Crippen LogP contribution in [0.25, 0.3) is 0 Å². The molecule has 104 valence electrons. The highest BCUT2D eigenvalue weighted by Crippen LogP contribution is 2.16. The van der Waals surface area contributed by atoms with Crippen LogP contribution in [0.4, 0.5) is 8.78 Å². The average Bonchev–Trinajstić information content (AvgIpc) is 2.41. The first-order valence-electron chi connectivity index (χ1n) is 5.91. The van der Waals surface area contributed by atoms with E-state index in [9.17, 15) is 17.8 Å². The Morgan fingerprint density at radius 1 is 1.15 bits per heavy atom. The Kier molecular flexibility index (Phi) is 4.39. The fourth-order valence-corrected chi connectivity index (χ4v) is 2.89. The van der Waals surface area contributed by atoms with Gasteiger partial charge in [0.2, 0.25) is 0 Å². The molecule has 5 heteroatoms. The number of benzene rings is 2. The van der Waals surface area contributed by atoms with Gasteiger partial charge >= 0.3 is 0 Å². The molecule has 0 heterocycles. The molecular weight excluding hydrogens is 282 g/mol. The van der Waals surface area contributed by atoms with Crippen LogP contribution in [0, 0.1) is 18.6 Å². The molecule has 0 bridgehead atoms. The lowest BCUT2D eigenvalue weighted by molar-refractivity contribution is 0.102. The fraction of sp³-hybridized carbons (Fsp3) is 0.133. The molecule has 0 amide bonds. The van der Waals surface area contributed by atoms with Gasteiger partial charge in [-0.3, -0.25) is 9.00 Å². The zero-order valence-corrected chi connectivity index (χ0v) is 11.5. The molecule has 0 saturated heterocycles. The standard InChI is InChI=1S/C15H12F2O2S/c1-10-4-2-3-5-12(10)14(18)9-20(19)15-8-11(16)6-7-13(15)17/h2-8H,9H2,1H3. The quantitative estimate of drug-likeness (QED) is 0.811. The van der Waals surface area contributed by atoms with E-state index in [1.54, 1.807) is 31.2 Å². The van der Waals surface area contributed by atoms with E-state index in [2.05, 4.69) is 0 Å². The van der Waals surface area contributed by atoms with Gasteiger partial charge in [-0.1, -0.05) is 24.3 Å². The molecule has 0 aliphatic rings. The summed E-state index contributed by atoms with van der Waals surface area (Å²) in [6.45, 7) is 1.76. The molecule has 0 N–H and O–H groups in total. The highest BCUT2D eigenvalue weighted by atomic mass is 32.2. The minimum absolute atomic E-state index is 0.285. The van der Waals surface area contributed by atoms with Crippen molar-refractivity contribution in [3.63, 3.8) is 0 Å². The predicted octanol–water partition coefficient (Wildman–Crippen LogP) is 3.26. The SMILES string of the molecule is Cc1ccccc1C(=O)CS(=O)c1cc(F)ccc1F. The summed E-state index contributed by atoms with van der Waals surface area (Å²) in [7, 11) is -1.91. The van der Waals surface area contributed by atoms with Gasteiger partial charge in [0, 0.05) is 5.56 Å². The minimum Gasteiger partial charge on any atom is -0.293 e. The molecule has 0 aliphatic carbocycles. The molecule has 0 spiro atoms. The number of aryl methyl sites for hydroxylation is 1. The van der Waals surface area contributed by atoms with E-state index < -0.39 is 22.4 Å². The van der Waals surface area contributed by atoms with Crippen LogP contribution in [-0.2, 0) is 10.8 Å². The lowest BCUT2D eigenvalue weighted by Crippen LogP contribution is -2.13. The maximum Gasteiger partial charge on any atom is 0.175 e. The highest BCUT2D eigenvalue weighted by molar-refractivity contribution is 7.85. The number of carbonyl (C=O) groups is 1. The average molecular weight is 294 g/mol. The molecule has 1 atom stereocenters. The minimum atomic E-state index is -1.91. The molecule has 0 fully saturated rings. The van der Waals surface area contributed by atoms with Crippen molar-refractivity contribution >= 4 is 16.6 Å². The van der Waals surface area contributed by atoms with Crippen molar-refractivity contribution in [1.82, 2.24) is 0 Å². The monoisotopic (exact) mass is 294 g/mol. The van der Waals surface area contributed by atoms with Crippen LogP contribution in [0.5, 0.6) is 0 Å². The summed E-state index contributed by atoms with van der Waals surface area (Å²) < 4.78 is 38.5. The number of rotatable bonds is 4. The molecule has 2 aromatic rings. The maximum atomic E-state index is 13.5. The number of hydrogen-bond donors (Lipinski definition) is 0. The Morgan fingerprint density at radius 2 is 1.85 bits per heavy atom. The van der Waals surface area contributed by atoms with E-state index in [1.165, 1.54) is 0 Å². The van der Waals surface area contributed by atoms with Gasteiger partial charge in [-0.2, -0.15) is 0 Å². The molecule has 2 nitrogen and oxygen atoms in total. The number of Topliss-reactive ketones (excluding diaryl/α,β-unsaturated/α-hetero) is 1. The van der Waals surface area contributed by atoms with E-state index in [0.29, 0.717) is 5.56 Å². The summed E-state index contributed by atoms with van der Waals surface area (Å²) in [5.74, 6) is -2.18. The molecule has 0 radical (unpaired) electrons. The summed E-state index contributed by atoms with van der Waals surface area (Å²) in [4.78, 5) is 11.8. The number of hydrogen-bond acceptors (Lipinski definition) is 2. The van der Waals surface area contributed by atoms with E-state index in [0.717, 1.165) is 23.8 Å². The molecule has 20 heavy (non-hydrogen) atoms. The topological polar surface area (TPSA) is 34.1 Å². The molecular formula is C15H12F2O2S. The van der Waals surface area contributed by atoms with Gasteiger partial charge in [-0.15, -0.1) is 0 Å². The van der Waals surface area contributed by atoms with E-state index >= 15 is 0 Å². The van der Waals surface area contributed by atoms with Crippen LogP contribution in [0.2, 0.25) is 0 Å². The van der Waals surface area contributed by atoms with Gasteiger partial charge in [-0.05, 0) is 30.7 Å². The Balaban J connectivity index is 2.22. The Hall–Kier alpha value is -1.88. The summed E-state index contributed by atoms with van der Waals surface area (Å²) >= 11 is 0. The third-order valence-electron chi connectivity index (χ3n) is 2.85. The fourth-order valence-electron chi connectivity index (χ4n) is 1.81. The van der Waals surface area contributed by atoms with Crippen LogP contribution >= 0.6 is 0 Å². The molecule has 2 aromatic carbocycles. The molecule has 0 aromatic heterocycles. The van der Waals surface area contributed by atoms with Crippen LogP contribution in [0.15, 0.2) is 47.4 Å². The summed E-state index contributed by atoms with van der Waals surface area (Å²) in [6, 6.07) is 9.58. The Morgan fingerprint density at radius 3 is 2.55 bits per heavy atom. The Labute approximate surface area is 117 Å². The van der Waals surface area contributed by atoms with E-state index in [1.807, 2.05) is 0 Å². The molecule has 0 saturated carbocycles. The summed E-state index contributed by atoms with van der Waals surface area (Å²) in [6.07, 6.45) is 0. The van der Waals surface area contributed by atoms with Crippen LogP contribution in [-0.4, -0.2) is 15.7 Å². The number of halogens is 2. The van der Waals surface area contributed by atoms with Crippen molar-refractivity contribution in [3.05, 3.63) is 65.2 Å². The maximum absolute atomic E-state index is 13.5. The van der Waals surface area contributed by atoms with E-state index in [4.69, 9.17) is 0 Å². The lowest BCUT2D eigenvalue weighted by atomic mass is 10.1. The van der Waals surface area contributed by atoms with Crippen LogP contribution < -0.4 is 0 Å². The summed E-state index contributed by atoms with van der Waals surface area (Å²) in [5.41, 5.74) is 1.20. The second-order valence-electron chi connectivity index (χ2n) is 4.30. The van der Waals surface area contributed by atoms with Crippen molar-refractivity contribution in [1.29, 1.82) is 0 Å². The lowest BCUT2D eigenvalue weighted by Gasteiger charge is -2.06. The van der Waals surface area contributed by atoms with Crippen molar-refractivity contribution in [3.8, 4) is 0 Å². The van der Waals surface area contributed by atoms with Crippen molar-refractivity contribution in [2.24, 2.45) is 0 Å². The van der Waals surface area contributed by atoms with Gasteiger partial charge in [-0.25, -0.2) is 8.78 Å². The van der Waals surface area contributed by atoms with E-state index in [-0.39, 0.29) is 16.4 Å². The van der Waals surface area contributed by atoms with Crippen molar-refractivity contribution in [2.45, 2.75) is 11.8 Å². The third-order valence-corrected chi connectivity index (χ3v) is 4.17. The van der Waals surface area contributed by atoms with Crippen LogP contribution in [0.1, 0.15) is 15.9 Å². The zero-order valence-electron chi connectivity index (χ0n) is 10.7. The Bertz CT molecular complexity index is 683. The smallest absolute Gasteiger partial charge is 0.175 e. The number of carbonyl (C=O) groups excluding carboxylic acids is 1. The normalized spacial score (nSPS) is 12.2. The van der Waals surface area contributed by atoms with Crippen molar-refractivity contribution in [2.75, 3.05) is 5.75 Å². The summed E-state index contributed by atoms with van der Waals surface area (Å²) in [5, 5.41) is 0. The first-order chi connectivity index (χ1) is 9.49. The zero-order chi connectivity index (χ0) is 14.7. The first kappa shape index (κ1) is 14.5. The van der Waals surface area contributed by atoms with Crippen molar-refractivity contribution < 1.29 is 17.8 Å². The first-order valence-corrected chi connectivity index (χ1v) is 7.23. The molecule has 0 aliphatic heterocycles. The molecule has 1 unspecified atom stereocenters. The van der Waals surface area contributed by atoms with Gasteiger partial charge in [0.1, 0.15) is 11.6 Å². The van der Waals surface area contributed by atoms with Gasteiger partial charge in [0.15, 0.2) is 5.78 Å². The third kappa shape index (κ3) is 3.17. The van der Waals surface area contributed by atoms with Crippen LogP contribution in [0.3, 0.4) is 0 Å². The predicted molar refractivity (Wildman–Crippen MR) is 73.1 cm³/mol. The second-order valence-corrected chi connectivity index (χ2v) is 5.72.